The van der Waals surface area contributed by atoms with Crippen molar-refractivity contribution in [1.29, 1.82) is 0 Å². The molecule has 0 radical (unpaired) electrons. The fraction of sp³-hybridized carbons (Fsp3) is 0.417. The number of nitrogens with zero attached hydrogens (tertiary/aromatic N) is 1. The Hall–Kier alpha value is -1.35. The summed E-state index contributed by atoms with van der Waals surface area (Å²) in [6.07, 6.45) is 0. The fourth-order valence-electron chi connectivity index (χ4n) is 1.35. The molecule has 0 saturated heterocycles. The highest BCUT2D eigenvalue weighted by Crippen LogP contribution is 2.04. The maximum absolute atomic E-state index is 11.3. The van der Waals surface area contributed by atoms with Crippen molar-refractivity contribution in [2.75, 3.05) is 20.3 Å². The van der Waals surface area contributed by atoms with Crippen LogP contribution >= 0.6 is 0 Å². The minimum Gasteiger partial charge on any atom is -0.383 e. The standard InChI is InChI=1S/C12H17NO2/c1-11(14)13(8-9-15-2)10-12-6-4-3-5-7-12/h3-7H,8-10H2,1-2H3. The van der Waals surface area contributed by atoms with Gasteiger partial charge in [-0.2, -0.15) is 0 Å². The predicted molar refractivity (Wildman–Crippen MR) is 59.4 cm³/mol. The summed E-state index contributed by atoms with van der Waals surface area (Å²) in [6, 6.07) is 9.95. The first-order chi connectivity index (χ1) is 7.24. The molecule has 0 atom stereocenters. The van der Waals surface area contributed by atoms with Crippen LogP contribution in [0, 0.1) is 0 Å². The smallest absolute Gasteiger partial charge is 0.219 e. The van der Waals surface area contributed by atoms with E-state index in [-0.39, 0.29) is 5.91 Å². The van der Waals surface area contributed by atoms with E-state index >= 15 is 0 Å². The Morgan fingerprint density at radius 3 is 2.53 bits per heavy atom. The van der Waals surface area contributed by atoms with Crippen LogP contribution in [-0.4, -0.2) is 31.1 Å². The van der Waals surface area contributed by atoms with E-state index in [1.807, 2.05) is 30.3 Å². The lowest BCUT2D eigenvalue weighted by atomic mass is 10.2. The maximum Gasteiger partial charge on any atom is 0.219 e. The molecule has 82 valence electrons. The molecule has 1 aromatic rings. The summed E-state index contributed by atoms with van der Waals surface area (Å²) in [5, 5.41) is 0. The van der Waals surface area contributed by atoms with Gasteiger partial charge in [-0.1, -0.05) is 30.3 Å². The van der Waals surface area contributed by atoms with Gasteiger partial charge < -0.3 is 9.64 Å². The molecule has 0 saturated carbocycles. The van der Waals surface area contributed by atoms with Crippen LogP contribution < -0.4 is 0 Å². The maximum atomic E-state index is 11.3. The second-order valence-corrected chi connectivity index (χ2v) is 3.42. The van der Waals surface area contributed by atoms with Gasteiger partial charge in [0.05, 0.1) is 6.61 Å². The van der Waals surface area contributed by atoms with Gasteiger partial charge in [0.15, 0.2) is 0 Å². The number of methoxy groups -OCH3 is 1. The molecule has 0 bridgehead atoms. The topological polar surface area (TPSA) is 29.5 Å². The fourth-order valence-corrected chi connectivity index (χ4v) is 1.35. The number of ether oxygens (including phenoxy) is 1. The van der Waals surface area contributed by atoms with Crippen LogP contribution in [0.2, 0.25) is 0 Å². The van der Waals surface area contributed by atoms with Crippen molar-refractivity contribution in [1.82, 2.24) is 4.90 Å². The summed E-state index contributed by atoms with van der Waals surface area (Å²) >= 11 is 0. The van der Waals surface area contributed by atoms with Gasteiger partial charge in [-0.15, -0.1) is 0 Å². The summed E-state index contributed by atoms with van der Waals surface area (Å²) < 4.78 is 4.97. The second-order valence-electron chi connectivity index (χ2n) is 3.42. The number of rotatable bonds is 5. The summed E-state index contributed by atoms with van der Waals surface area (Å²) in [5.74, 6) is 0.0795. The lowest BCUT2D eigenvalue weighted by molar-refractivity contribution is -0.130. The van der Waals surface area contributed by atoms with Gasteiger partial charge >= 0.3 is 0 Å². The Kier molecular flexibility index (Phi) is 4.84. The lowest BCUT2D eigenvalue weighted by Crippen LogP contribution is -2.31. The average Bonchev–Trinajstić information content (AvgIpc) is 2.25. The molecule has 0 aromatic heterocycles. The van der Waals surface area contributed by atoms with Crippen molar-refractivity contribution in [3.05, 3.63) is 35.9 Å². The SMILES string of the molecule is COCCN(Cc1ccccc1)C(C)=O. The van der Waals surface area contributed by atoms with E-state index in [1.165, 1.54) is 0 Å². The molecule has 1 amide bonds. The number of benzene rings is 1. The third-order valence-corrected chi connectivity index (χ3v) is 2.23. The Morgan fingerprint density at radius 1 is 1.33 bits per heavy atom. The summed E-state index contributed by atoms with van der Waals surface area (Å²) in [5.41, 5.74) is 1.14. The monoisotopic (exact) mass is 207 g/mol. The molecule has 0 N–H and O–H groups in total. The molecular formula is C12H17NO2. The van der Waals surface area contributed by atoms with Crippen LogP contribution in [0.25, 0.3) is 0 Å². The zero-order valence-corrected chi connectivity index (χ0v) is 9.27. The summed E-state index contributed by atoms with van der Waals surface area (Å²) in [6.45, 7) is 3.45. The van der Waals surface area contributed by atoms with Gasteiger partial charge in [-0.3, -0.25) is 4.79 Å². The third kappa shape index (κ3) is 4.13. The molecule has 0 aliphatic rings. The van der Waals surface area contributed by atoms with E-state index in [4.69, 9.17) is 4.74 Å². The molecular weight excluding hydrogens is 190 g/mol. The van der Waals surface area contributed by atoms with Crippen molar-refractivity contribution in [2.24, 2.45) is 0 Å². The molecule has 0 fully saturated rings. The number of carbonyl (C=O) groups is 1. The molecule has 0 unspecified atom stereocenters. The van der Waals surface area contributed by atoms with Crippen LogP contribution in [0.1, 0.15) is 12.5 Å². The van der Waals surface area contributed by atoms with Crippen molar-refractivity contribution in [3.8, 4) is 0 Å². The predicted octanol–water partition coefficient (Wildman–Crippen LogP) is 1.68. The Bertz CT molecular complexity index is 298. The molecule has 3 heteroatoms. The molecule has 1 aromatic carbocycles. The third-order valence-electron chi connectivity index (χ3n) is 2.23. The van der Waals surface area contributed by atoms with Crippen LogP contribution in [0.3, 0.4) is 0 Å². The molecule has 3 nitrogen and oxygen atoms in total. The van der Waals surface area contributed by atoms with Gasteiger partial charge in [0, 0.05) is 27.1 Å². The van der Waals surface area contributed by atoms with Crippen LogP contribution in [0.15, 0.2) is 30.3 Å². The Labute approximate surface area is 90.7 Å². The number of carbonyl (C=O) groups excluding carboxylic acids is 1. The van der Waals surface area contributed by atoms with Crippen LogP contribution in [0.4, 0.5) is 0 Å². The zero-order chi connectivity index (χ0) is 11.1. The minimum absolute atomic E-state index is 0.0795. The zero-order valence-electron chi connectivity index (χ0n) is 9.27. The first-order valence-electron chi connectivity index (χ1n) is 5.02. The normalized spacial score (nSPS) is 10.0. The summed E-state index contributed by atoms with van der Waals surface area (Å²) in [4.78, 5) is 13.1. The quantitative estimate of drug-likeness (QED) is 0.735. The van der Waals surface area contributed by atoms with Gasteiger partial charge in [0.1, 0.15) is 0 Å². The van der Waals surface area contributed by atoms with Gasteiger partial charge in [0.25, 0.3) is 0 Å². The number of hydrogen-bond donors (Lipinski definition) is 0. The first kappa shape index (κ1) is 11.7. The van der Waals surface area contributed by atoms with Crippen molar-refractivity contribution < 1.29 is 9.53 Å². The largest absolute Gasteiger partial charge is 0.383 e. The van der Waals surface area contributed by atoms with Crippen molar-refractivity contribution in [2.45, 2.75) is 13.5 Å². The van der Waals surface area contributed by atoms with E-state index in [2.05, 4.69) is 0 Å². The van der Waals surface area contributed by atoms with Crippen molar-refractivity contribution in [3.63, 3.8) is 0 Å². The van der Waals surface area contributed by atoms with E-state index in [1.54, 1.807) is 18.9 Å². The van der Waals surface area contributed by atoms with Crippen LogP contribution in [-0.2, 0) is 16.1 Å². The Morgan fingerprint density at radius 2 is 2.00 bits per heavy atom. The summed E-state index contributed by atoms with van der Waals surface area (Å²) in [7, 11) is 1.64. The molecule has 1 rings (SSSR count). The van der Waals surface area contributed by atoms with E-state index in [0.29, 0.717) is 19.7 Å². The van der Waals surface area contributed by atoms with Gasteiger partial charge in [-0.25, -0.2) is 0 Å². The highest BCUT2D eigenvalue weighted by atomic mass is 16.5. The van der Waals surface area contributed by atoms with Gasteiger partial charge in [0.2, 0.25) is 5.91 Å². The van der Waals surface area contributed by atoms with Crippen LogP contribution in [0.5, 0.6) is 0 Å². The molecule has 0 aliphatic heterocycles. The van der Waals surface area contributed by atoms with E-state index < -0.39 is 0 Å². The Balaban J connectivity index is 2.55. The molecule has 0 spiro atoms. The number of amides is 1. The number of hydrogen-bond acceptors (Lipinski definition) is 2. The second kappa shape index (κ2) is 6.19. The highest BCUT2D eigenvalue weighted by Gasteiger charge is 2.08. The highest BCUT2D eigenvalue weighted by molar-refractivity contribution is 5.73. The molecule has 0 aliphatic carbocycles. The lowest BCUT2D eigenvalue weighted by Gasteiger charge is -2.20. The molecule has 0 heterocycles. The first-order valence-corrected chi connectivity index (χ1v) is 5.02. The minimum atomic E-state index is 0.0795. The van der Waals surface area contributed by atoms with E-state index in [9.17, 15) is 4.79 Å². The van der Waals surface area contributed by atoms with Crippen molar-refractivity contribution >= 4 is 5.91 Å². The molecule has 15 heavy (non-hydrogen) atoms. The van der Waals surface area contributed by atoms with Gasteiger partial charge in [-0.05, 0) is 5.56 Å². The van der Waals surface area contributed by atoms with E-state index in [0.717, 1.165) is 5.56 Å². The average molecular weight is 207 g/mol.